The van der Waals surface area contributed by atoms with Crippen molar-refractivity contribution in [3.05, 3.63) is 119 Å². The zero-order valence-corrected chi connectivity index (χ0v) is 82.0. The fourth-order valence-corrected chi connectivity index (χ4v) is 22.5. The molecule has 12 aliphatic heterocycles. The first-order valence-corrected chi connectivity index (χ1v) is 49.2. The van der Waals surface area contributed by atoms with Gasteiger partial charge in [-0.25, -0.2) is 9.59 Å². The first-order valence-electron chi connectivity index (χ1n) is 49.2. The van der Waals surface area contributed by atoms with Crippen LogP contribution in [0, 0.1) is 47.3 Å². The Bertz CT molecular complexity index is 4070. The molecule has 134 heavy (non-hydrogen) atoms. The molecule has 12 heterocycles. The number of unbranched alkanes of at least 4 members (excludes halogenated alkanes) is 1. The highest BCUT2D eigenvalue weighted by atomic mass is 16.8. The van der Waals surface area contributed by atoms with Crippen molar-refractivity contribution in [3.63, 3.8) is 0 Å². The third kappa shape index (κ3) is 22.9. The Kier molecular flexibility index (Phi) is 34.8. The molecule has 750 valence electrons. The van der Waals surface area contributed by atoms with Crippen molar-refractivity contribution < 1.29 is 144 Å². The van der Waals surface area contributed by atoms with E-state index in [2.05, 4.69) is 76.5 Å². The number of hydrogen-bond acceptors (Lipinski definition) is 30. The number of methoxy groups -OCH3 is 4. The molecule has 2 aliphatic carbocycles. The number of alkyl carbamates (subject to hydrolysis) is 2. The summed E-state index contributed by atoms with van der Waals surface area (Å²) in [6.07, 6.45) is 14.5. The summed E-state index contributed by atoms with van der Waals surface area (Å²) >= 11 is 0. The molecule has 0 radical (unpaired) electrons. The molecule has 6 N–H and O–H groups in total. The number of amides is 2. The summed E-state index contributed by atoms with van der Waals surface area (Å²) in [6, 6.07) is -1.22. The second kappa shape index (κ2) is 44.9. The number of allylic oxidation sites excluding steroid dienone is 4. The molecule has 8 fully saturated rings. The van der Waals surface area contributed by atoms with Gasteiger partial charge in [-0.1, -0.05) is 141 Å². The zero-order chi connectivity index (χ0) is 96.2. The highest BCUT2D eigenvalue weighted by Gasteiger charge is 2.63. The highest BCUT2D eigenvalue weighted by molar-refractivity contribution is 5.79. The lowest BCUT2D eigenvalue weighted by Crippen LogP contribution is -2.59. The van der Waals surface area contributed by atoms with Crippen molar-refractivity contribution in [1.29, 1.82) is 0 Å². The first kappa shape index (κ1) is 104. The molecule has 14 aliphatic rings. The molecule has 2 amide bonds. The Hall–Kier alpha value is -6.00. The molecule has 0 aromatic heterocycles. The summed E-state index contributed by atoms with van der Waals surface area (Å²) in [5, 5.41) is 54.1. The van der Waals surface area contributed by atoms with E-state index in [0.29, 0.717) is 73.7 Å². The number of rotatable bonds is 23. The molecule has 40 atom stereocenters. The lowest BCUT2D eigenvalue weighted by Gasteiger charge is -2.48. The second-order valence-electron chi connectivity index (χ2n) is 40.2. The number of carbonyl (C=O) groups excluding carboxylic acids is 4. The van der Waals surface area contributed by atoms with Crippen molar-refractivity contribution >= 4 is 24.1 Å². The average Bonchev–Trinajstić information content (AvgIpc) is 1.55. The quantitative estimate of drug-likeness (QED) is 0.0239. The lowest BCUT2D eigenvalue weighted by molar-refractivity contribution is -0.311. The summed E-state index contributed by atoms with van der Waals surface area (Å²) in [6.45, 7) is 32.0. The van der Waals surface area contributed by atoms with Gasteiger partial charge in [-0.05, 0) is 138 Å². The Labute approximate surface area is 790 Å². The maximum absolute atomic E-state index is 14.6. The van der Waals surface area contributed by atoms with Crippen molar-refractivity contribution in [3.8, 4) is 0 Å². The standard InChI is InChI=1S/C102H152N2O30/c1-21-53(3)89-59(9)35-37-99(133-89)49-71-43-69(131-99)33-31-57(7)87(55(5)27-25-29-67-51-119-93-85(105)61(11)41-73(95(107)125-71)101(67,93)111)127-81-47-77(115-19)91(65(15)123-81)129-79-45-75(113-17)83(63(13)121-79)103-97(109)117-39-23-24-40-118-98(110)104-84-64(14)122-80(46-76(84)114-18)130-92-66(16)124-82(48-78(92)116-20)128-88-56(6)28-26-30-68-52-120-94-86(106)62(12)42-74(102(68,94)112)96(108)126-72-44-70(34-32-58(88)8)132-100(50-72)38-36-60(10)90(134-100)54(4)22-2/h25-32,35-38,41-42,53-56,59-60,63-66,69-94,105-106,111-112H,21-24,33-34,39-40,43-52H2,1-20H3,(H,103,109)(H,104,110)/t53-,54-,55-,56-,59-,60-,63-,64-,65-,66-,69+,70+,71-,72?,73-,74-,75-,76-,77-,78-,79-,80-,81-,82-,83+,84+,85+,86+,87?,88-,89+,90+,91?,92-,93+,94+,99+,100+,101+,102+/m0/s1. The molecule has 32 heteroatoms. The van der Waals surface area contributed by atoms with Gasteiger partial charge in [0.05, 0.1) is 124 Å². The Morgan fingerprint density at radius 1 is 0.470 bits per heavy atom. The molecule has 8 saturated heterocycles. The molecule has 32 nitrogen and oxygen atoms in total. The molecular weight excluding hydrogens is 1730 g/mol. The van der Waals surface area contributed by atoms with E-state index in [-0.39, 0.29) is 99.8 Å². The summed E-state index contributed by atoms with van der Waals surface area (Å²) in [5.74, 6) is -5.77. The van der Waals surface area contributed by atoms with Gasteiger partial charge in [0.15, 0.2) is 36.7 Å². The van der Waals surface area contributed by atoms with Crippen molar-refractivity contribution in [2.45, 2.75) is 395 Å². The van der Waals surface area contributed by atoms with Gasteiger partial charge in [0.2, 0.25) is 0 Å². The van der Waals surface area contributed by atoms with Gasteiger partial charge in [0.1, 0.15) is 71.9 Å². The van der Waals surface area contributed by atoms with Crippen LogP contribution in [0.1, 0.15) is 201 Å². The van der Waals surface area contributed by atoms with Crippen LogP contribution in [0.4, 0.5) is 9.59 Å². The van der Waals surface area contributed by atoms with Crippen LogP contribution >= 0.6 is 0 Å². The van der Waals surface area contributed by atoms with E-state index in [4.69, 9.17) is 104 Å². The van der Waals surface area contributed by atoms with E-state index >= 15 is 0 Å². The third-order valence-corrected chi connectivity index (χ3v) is 30.7. The van der Waals surface area contributed by atoms with E-state index < -0.39 is 218 Å². The van der Waals surface area contributed by atoms with E-state index in [1.807, 2.05) is 91.8 Å². The molecule has 4 bridgehead atoms. The monoisotopic (exact) mass is 1890 g/mol. The van der Waals surface area contributed by atoms with E-state index in [9.17, 15) is 39.6 Å². The lowest BCUT2D eigenvalue weighted by atomic mass is 9.71. The summed E-state index contributed by atoms with van der Waals surface area (Å²) < 4.78 is 143. The zero-order valence-electron chi connectivity index (χ0n) is 82.0. The number of ether oxygens (including phenoxy) is 22. The normalized spacial score (nSPS) is 44.3. The van der Waals surface area contributed by atoms with Crippen LogP contribution in [-0.4, -0.2) is 294 Å². The Balaban J connectivity index is 0.534. The van der Waals surface area contributed by atoms with Crippen LogP contribution in [0.15, 0.2) is 119 Å². The summed E-state index contributed by atoms with van der Waals surface area (Å²) in [5.41, 5.74) is -0.0911. The van der Waals surface area contributed by atoms with Crippen LogP contribution in [0.5, 0.6) is 0 Å². The van der Waals surface area contributed by atoms with Gasteiger partial charge in [-0.3, -0.25) is 9.59 Å². The van der Waals surface area contributed by atoms with Gasteiger partial charge in [-0.15, -0.1) is 0 Å². The smallest absolute Gasteiger partial charge is 0.407 e. The van der Waals surface area contributed by atoms with Gasteiger partial charge in [-0.2, -0.15) is 0 Å². The minimum Gasteiger partial charge on any atom is -0.462 e. The fraction of sp³-hybridized carbons (Fsp3) is 0.765. The number of fused-ring (bicyclic) bond motifs is 4. The Morgan fingerprint density at radius 3 is 1.21 bits per heavy atom. The van der Waals surface area contributed by atoms with Crippen LogP contribution in [-0.2, 0) is 114 Å². The molecule has 0 aromatic carbocycles. The maximum Gasteiger partial charge on any atom is 0.407 e. The van der Waals surface area contributed by atoms with E-state index in [1.165, 1.54) is 0 Å². The van der Waals surface area contributed by atoms with E-state index in [1.54, 1.807) is 66.6 Å². The minimum atomic E-state index is -1.90. The number of nitrogens with one attached hydrogen (secondary N) is 2. The first-order chi connectivity index (χ1) is 63.9. The van der Waals surface area contributed by atoms with Crippen molar-refractivity contribution in [2.75, 3.05) is 54.9 Å². The van der Waals surface area contributed by atoms with Crippen molar-refractivity contribution in [1.82, 2.24) is 10.6 Å². The Morgan fingerprint density at radius 2 is 0.836 bits per heavy atom. The second-order valence-corrected chi connectivity index (χ2v) is 40.2. The predicted octanol–water partition coefficient (Wildman–Crippen LogP) is 12.0. The molecule has 14 rings (SSSR count). The summed E-state index contributed by atoms with van der Waals surface area (Å²) in [4.78, 5) is 56.1. The number of aliphatic hydroxyl groups is 4. The number of aliphatic hydroxyl groups excluding tert-OH is 2. The predicted molar refractivity (Wildman–Crippen MR) is 488 cm³/mol. The third-order valence-electron chi connectivity index (χ3n) is 30.7. The van der Waals surface area contributed by atoms with E-state index in [0.717, 1.165) is 24.0 Å². The number of esters is 2. The molecule has 0 aromatic rings. The van der Waals surface area contributed by atoms with Crippen LogP contribution in [0.25, 0.3) is 0 Å². The van der Waals surface area contributed by atoms with Gasteiger partial charge < -0.3 is 135 Å². The molecule has 3 unspecified atom stereocenters. The SMILES string of the molecule is CC[C@H](C)[C@H]1O[C@]2(C=C[C@@H]1C)CC1C[C@@H](CC=C(C)[C@@H](O[C@H]3C[C@H](OC)[C@@H](O[C@H]4C[C@H](OC)[C@H](NC(=O)OCCCCOC(=O)N[C@@H]5[C@H](C)O[C@@H](OC6[C@H](C)O[C@@H](OC7C(C)=CC[C@@H]8C[C@@H](C[C@]9(C=C[C@H](C)[C@@H]([C@@H](C)CC)O9)O8)OC(=O)[C@@H]8C=C(C)[C@@H](O)[C@H]9OCC(=CC=C[C@@H]7C)[C@]98O)C[C@@H]6OC)C[C@@H]5OC)[C@H](C)O4)[C@H](C)O3)[C@@H](C)C=CC=C3CO[C@@H]4[C@H](O)C(C)=C[C@@H](C(=O)O1)[C@]34O)O2. The van der Waals surface area contributed by atoms with Crippen LogP contribution in [0.2, 0.25) is 0 Å². The van der Waals surface area contributed by atoms with Gasteiger partial charge in [0.25, 0.3) is 0 Å². The topological polar surface area (TPSA) is 376 Å². The summed E-state index contributed by atoms with van der Waals surface area (Å²) in [7, 11) is 6.38. The maximum atomic E-state index is 14.6. The van der Waals surface area contributed by atoms with Crippen molar-refractivity contribution in [2.24, 2.45) is 47.3 Å². The average molecular weight is 1890 g/mol. The van der Waals surface area contributed by atoms with Gasteiger partial charge in [0, 0.05) is 103 Å². The number of carbonyl (C=O) groups is 4. The molecular formula is C102H152N2O30. The van der Waals surface area contributed by atoms with Crippen LogP contribution < -0.4 is 10.6 Å². The highest BCUT2D eigenvalue weighted by Crippen LogP contribution is 2.51. The fourth-order valence-electron chi connectivity index (χ4n) is 22.5. The molecule has 0 saturated carbocycles. The number of hydrogen-bond donors (Lipinski definition) is 6. The van der Waals surface area contributed by atoms with Gasteiger partial charge >= 0.3 is 24.1 Å². The largest absolute Gasteiger partial charge is 0.462 e. The minimum absolute atomic E-state index is 0.0141. The van der Waals surface area contributed by atoms with Crippen LogP contribution in [0.3, 0.4) is 0 Å². The molecule has 2 spiro atoms.